The molecule has 4 rings (SSSR count). The first kappa shape index (κ1) is 18.6. The number of aliphatic hydroxyl groups is 1. The summed E-state index contributed by atoms with van der Waals surface area (Å²) in [5, 5.41) is 15.3. The second-order valence-corrected chi connectivity index (χ2v) is 8.76. The average molecular weight is 402 g/mol. The molecule has 0 aliphatic carbocycles. The number of rotatable bonds is 4. The van der Waals surface area contributed by atoms with E-state index in [-0.39, 0.29) is 0 Å². The van der Waals surface area contributed by atoms with Crippen LogP contribution in [0.25, 0.3) is 32.7 Å². The Balaban J connectivity index is 1.88. The zero-order valence-electron chi connectivity index (χ0n) is 15.5. The molecule has 0 atom stereocenters. The number of furan rings is 1. The lowest BCUT2D eigenvalue weighted by Crippen LogP contribution is -2.45. The minimum absolute atomic E-state index is 0.332. The first-order valence-electron chi connectivity index (χ1n) is 8.65. The van der Waals surface area contributed by atoms with Gasteiger partial charge < -0.3 is 9.52 Å². The molecule has 4 aromatic rings. The van der Waals surface area contributed by atoms with Crippen LogP contribution in [-0.4, -0.2) is 21.3 Å². The number of nitrogens with zero attached hydrogens (tertiary/aromatic N) is 1. The van der Waals surface area contributed by atoms with Crippen molar-refractivity contribution in [2.24, 2.45) is 0 Å². The third kappa shape index (κ3) is 3.29. The van der Waals surface area contributed by atoms with Crippen LogP contribution in [0.15, 0.2) is 51.9 Å². The third-order valence-electron chi connectivity index (χ3n) is 5.06. The number of pyridine rings is 1. The molecule has 0 aliphatic heterocycles. The van der Waals surface area contributed by atoms with E-state index in [4.69, 9.17) is 20.2 Å². The number of aromatic nitrogens is 1. The van der Waals surface area contributed by atoms with Gasteiger partial charge in [-0.25, -0.2) is 4.98 Å². The molecule has 0 saturated carbocycles. The van der Waals surface area contributed by atoms with Crippen molar-refractivity contribution in [2.45, 2.75) is 43.9 Å². The molecular weight excluding hydrogens is 382 g/mol. The molecule has 2 aromatic carbocycles. The summed E-state index contributed by atoms with van der Waals surface area (Å²) in [5.74, 6) is 0. The van der Waals surface area contributed by atoms with Gasteiger partial charge in [0.2, 0.25) is 0 Å². The van der Waals surface area contributed by atoms with Crippen molar-refractivity contribution in [3.8, 4) is 0 Å². The summed E-state index contributed by atoms with van der Waals surface area (Å²) in [6.45, 7) is 7.10. The lowest BCUT2D eigenvalue weighted by atomic mass is 9.90. The molecule has 0 spiro atoms. The molecule has 0 radical (unpaired) electrons. The van der Waals surface area contributed by atoms with Gasteiger partial charge in [-0.05, 0) is 50.6 Å². The van der Waals surface area contributed by atoms with E-state index < -0.39 is 11.2 Å². The van der Waals surface area contributed by atoms with Crippen LogP contribution in [0.3, 0.4) is 0 Å². The standard InChI is InChI=1S/C21H20ClNO3S/c1-20(2,24)21(3,4)26-27-19-18-14-9-12-7-5-6-8-13(12)10-15(14)25-16(18)11-17(22)23-19/h5-11,24H,1-4H3. The van der Waals surface area contributed by atoms with Crippen molar-refractivity contribution in [3.05, 3.63) is 47.6 Å². The zero-order chi connectivity index (χ0) is 19.4. The highest BCUT2D eigenvalue weighted by Gasteiger charge is 2.37. The monoisotopic (exact) mass is 401 g/mol. The number of hydrogen-bond donors (Lipinski definition) is 1. The summed E-state index contributed by atoms with van der Waals surface area (Å²) in [4.78, 5) is 4.45. The number of hydrogen-bond acceptors (Lipinski definition) is 5. The van der Waals surface area contributed by atoms with E-state index >= 15 is 0 Å². The van der Waals surface area contributed by atoms with Gasteiger partial charge in [0.25, 0.3) is 0 Å². The Kier molecular flexibility index (Phi) is 4.39. The van der Waals surface area contributed by atoms with Gasteiger partial charge in [-0.1, -0.05) is 35.9 Å². The Morgan fingerprint density at radius 2 is 1.70 bits per heavy atom. The van der Waals surface area contributed by atoms with Gasteiger partial charge >= 0.3 is 0 Å². The number of fused-ring (bicyclic) bond motifs is 4. The van der Waals surface area contributed by atoms with Gasteiger partial charge in [0.15, 0.2) is 0 Å². The second kappa shape index (κ2) is 6.38. The van der Waals surface area contributed by atoms with Gasteiger partial charge in [-0.15, -0.1) is 0 Å². The maximum absolute atomic E-state index is 10.3. The zero-order valence-corrected chi connectivity index (χ0v) is 17.1. The van der Waals surface area contributed by atoms with Crippen LogP contribution in [-0.2, 0) is 4.18 Å². The Morgan fingerprint density at radius 3 is 2.37 bits per heavy atom. The van der Waals surface area contributed by atoms with Crippen molar-refractivity contribution in [3.63, 3.8) is 0 Å². The Morgan fingerprint density at radius 1 is 1.04 bits per heavy atom. The molecule has 0 aliphatic rings. The van der Waals surface area contributed by atoms with Gasteiger partial charge in [-0.3, -0.25) is 4.18 Å². The SMILES string of the molecule is CC(C)(O)C(C)(C)OSc1nc(Cl)cc2oc3cc4ccccc4cc3c12. The van der Waals surface area contributed by atoms with Gasteiger partial charge in [-0.2, -0.15) is 0 Å². The molecule has 0 saturated heterocycles. The summed E-state index contributed by atoms with van der Waals surface area (Å²) in [5.41, 5.74) is -0.379. The smallest absolute Gasteiger partial charge is 0.141 e. The molecular formula is C21H20ClNO3S. The molecule has 2 heterocycles. The summed E-state index contributed by atoms with van der Waals surface area (Å²) >= 11 is 7.31. The van der Waals surface area contributed by atoms with Crippen LogP contribution >= 0.6 is 23.6 Å². The van der Waals surface area contributed by atoms with E-state index in [2.05, 4.69) is 23.2 Å². The molecule has 27 heavy (non-hydrogen) atoms. The maximum atomic E-state index is 10.3. The molecule has 4 nitrogen and oxygen atoms in total. The summed E-state index contributed by atoms with van der Waals surface area (Å²) in [6.07, 6.45) is 0. The Labute approximate surface area is 166 Å². The molecule has 0 bridgehead atoms. The van der Waals surface area contributed by atoms with Crippen LogP contribution in [0.5, 0.6) is 0 Å². The van der Waals surface area contributed by atoms with E-state index in [1.165, 1.54) is 0 Å². The van der Waals surface area contributed by atoms with E-state index in [1.54, 1.807) is 19.9 Å². The molecule has 0 amide bonds. The fraction of sp³-hybridized carbons (Fsp3) is 0.286. The lowest BCUT2D eigenvalue weighted by molar-refractivity contribution is -0.0814. The molecule has 2 aromatic heterocycles. The van der Waals surface area contributed by atoms with Gasteiger partial charge in [0.05, 0.1) is 23.0 Å². The second-order valence-electron chi connectivity index (χ2n) is 7.66. The predicted molar refractivity (Wildman–Crippen MR) is 111 cm³/mol. The van der Waals surface area contributed by atoms with Gasteiger partial charge in [0.1, 0.15) is 26.9 Å². The minimum atomic E-state index is -1.02. The van der Waals surface area contributed by atoms with Crippen LogP contribution in [0.2, 0.25) is 5.15 Å². The maximum Gasteiger partial charge on any atom is 0.141 e. The summed E-state index contributed by atoms with van der Waals surface area (Å²) in [7, 11) is 0. The third-order valence-corrected chi connectivity index (χ3v) is 6.21. The topological polar surface area (TPSA) is 55.5 Å². The normalized spacial score (nSPS) is 13.1. The van der Waals surface area contributed by atoms with Crippen LogP contribution in [0.1, 0.15) is 27.7 Å². The minimum Gasteiger partial charge on any atom is -0.456 e. The van der Waals surface area contributed by atoms with Crippen molar-refractivity contribution in [1.82, 2.24) is 4.98 Å². The van der Waals surface area contributed by atoms with E-state index in [1.807, 2.05) is 32.0 Å². The largest absolute Gasteiger partial charge is 0.456 e. The van der Waals surface area contributed by atoms with Crippen LogP contribution in [0.4, 0.5) is 0 Å². The van der Waals surface area contributed by atoms with E-state index in [9.17, 15) is 5.11 Å². The highest BCUT2D eigenvalue weighted by atomic mass is 35.5. The van der Waals surface area contributed by atoms with E-state index in [0.717, 1.165) is 39.2 Å². The molecule has 0 fully saturated rings. The Bertz CT molecular complexity index is 1160. The molecule has 1 N–H and O–H groups in total. The van der Waals surface area contributed by atoms with Crippen molar-refractivity contribution in [2.75, 3.05) is 0 Å². The first-order valence-corrected chi connectivity index (χ1v) is 9.77. The van der Waals surface area contributed by atoms with Crippen LogP contribution < -0.4 is 0 Å². The average Bonchev–Trinajstić information content (AvgIpc) is 2.93. The highest BCUT2D eigenvalue weighted by molar-refractivity contribution is 7.94. The molecule has 0 unspecified atom stereocenters. The highest BCUT2D eigenvalue weighted by Crippen LogP contribution is 2.40. The first-order chi connectivity index (χ1) is 12.7. The molecule has 6 heteroatoms. The van der Waals surface area contributed by atoms with E-state index in [0.29, 0.717) is 15.8 Å². The summed E-state index contributed by atoms with van der Waals surface area (Å²) in [6, 6.07) is 14.0. The Hall–Kier alpha value is -1.79. The van der Waals surface area contributed by atoms with Crippen molar-refractivity contribution in [1.29, 1.82) is 0 Å². The predicted octanol–water partition coefficient (Wildman–Crippen LogP) is 6.36. The number of halogens is 1. The lowest BCUT2D eigenvalue weighted by Gasteiger charge is -2.35. The van der Waals surface area contributed by atoms with Gasteiger partial charge in [0, 0.05) is 11.5 Å². The van der Waals surface area contributed by atoms with Crippen molar-refractivity contribution >= 4 is 56.4 Å². The quantitative estimate of drug-likeness (QED) is 0.318. The fourth-order valence-corrected chi connectivity index (χ4v) is 3.88. The van der Waals surface area contributed by atoms with Crippen molar-refractivity contribution < 1.29 is 13.7 Å². The summed E-state index contributed by atoms with van der Waals surface area (Å²) < 4.78 is 12.0. The fourth-order valence-electron chi connectivity index (χ4n) is 2.72. The number of benzene rings is 2. The molecule has 140 valence electrons. The van der Waals surface area contributed by atoms with Crippen LogP contribution in [0, 0.1) is 0 Å².